The van der Waals surface area contributed by atoms with Crippen LogP contribution in [-0.4, -0.2) is 19.9 Å². The average Bonchev–Trinajstić information content (AvgIpc) is 3.68. The van der Waals surface area contributed by atoms with Gasteiger partial charge in [0.2, 0.25) is 0 Å². The van der Waals surface area contributed by atoms with Gasteiger partial charge in [-0.15, -0.1) is 22.7 Å². The second kappa shape index (κ2) is 13.3. The first-order valence-electron chi connectivity index (χ1n) is 13.7. The van der Waals surface area contributed by atoms with Crippen molar-refractivity contribution in [2.45, 2.75) is 40.3 Å². The van der Waals surface area contributed by atoms with Crippen molar-refractivity contribution < 1.29 is 9.47 Å². The van der Waals surface area contributed by atoms with E-state index in [0.717, 1.165) is 45.6 Å². The lowest BCUT2D eigenvalue weighted by Gasteiger charge is -2.06. The lowest BCUT2D eigenvalue weighted by molar-refractivity contribution is 0.106. The van der Waals surface area contributed by atoms with Crippen molar-refractivity contribution in [3.8, 4) is 32.5 Å². The summed E-state index contributed by atoms with van der Waals surface area (Å²) in [6.07, 6.45) is 0. The van der Waals surface area contributed by atoms with E-state index in [1.807, 2.05) is 86.6 Å². The molecule has 6 aromatic heterocycles. The van der Waals surface area contributed by atoms with Crippen LogP contribution in [0.25, 0.3) is 32.5 Å². The highest BCUT2D eigenvalue weighted by Gasteiger charge is 2.09. The molecule has 0 radical (unpaired) electrons. The summed E-state index contributed by atoms with van der Waals surface area (Å²) < 4.78 is 12.0. The number of thiophene rings is 2. The monoisotopic (exact) mass is 590 g/mol. The van der Waals surface area contributed by atoms with Crippen molar-refractivity contribution in [2.24, 2.45) is 0 Å². The molecule has 0 fully saturated rings. The zero-order chi connectivity index (χ0) is 28.7. The Morgan fingerprint density at radius 2 is 0.857 bits per heavy atom. The molecule has 0 spiro atoms. The first kappa shape index (κ1) is 28.1. The van der Waals surface area contributed by atoms with E-state index < -0.39 is 0 Å². The van der Waals surface area contributed by atoms with Crippen LogP contribution in [0, 0.1) is 13.8 Å². The van der Waals surface area contributed by atoms with Crippen molar-refractivity contribution in [3.63, 3.8) is 0 Å². The average molecular weight is 591 g/mol. The number of aryl methyl sites for hydroxylation is 2. The second-order valence-electron chi connectivity index (χ2n) is 9.87. The number of pyridine rings is 4. The van der Waals surface area contributed by atoms with Crippen LogP contribution < -0.4 is 0 Å². The van der Waals surface area contributed by atoms with E-state index in [1.165, 1.54) is 19.5 Å². The molecule has 8 heteroatoms. The highest BCUT2D eigenvalue weighted by molar-refractivity contribution is 7.22. The van der Waals surface area contributed by atoms with Gasteiger partial charge in [0.05, 0.1) is 60.6 Å². The van der Waals surface area contributed by atoms with E-state index in [-0.39, 0.29) is 0 Å². The zero-order valence-electron chi connectivity index (χ0n) is 23.5. The third-order valence-electron chi connectivity index (χ3n) is 6.47. The Morgan fingerprint density at radius 1 is 0.452 bits per heavy atom. The summed E-state index contributed by atoms with van der Waals surface area (Å²) in [5, 5.41) is 0. The maximum absolute atomic E-state index is 6.01. The standard InChI is InChI=1S/C34H30N4O2S2/c1-23-7-3-11-29(35-23)31-13-5-9-25(37-31)19-39-21-27-15-17-33(41-27)34-18-16-28(42-34)22-40-20-26-10-6-14-32(38-26)30-12-4-8-24(2)36-30/h3-18H,19-22H2,1-2H3. The Balaban J connectivity index is 0.994. The molecule has 210 valence electrons. The van der Waals surface area contributed by atoms with Gasteiger partial charge in [0, 0.05) is 30.9 Å². The molecule has 6 aromatic rings. The van der Waals surface area contributed by atoms with Crippen molar-refractivity contribution in [1.29, 1.82) is 0 Å². The van der Waals surface area contributed by atoms with Crippen molar-refractivity contribution in [3.05, 3.63) is 130 Å². The lowest BCUT2D eigenvalue weighted by Crippen LogP contribution is -1.97. The van der Waals surface area contributed by atoms with Crippen LogP contribution >= 0.6 is 22.7 Å². The van der Waals surface area contributed by atoms with Gasteiger partial charge in [0.1, 0.15) is 0 Å². The van der Waals surface area contributed by atoms with E-state index in [1.54, 1.807) is 22.7 Å². The van der Waals surface area contributed by atoms with Crippen LogP contribution in [0.5, 0.6) is 0 Å². The van der Waals surface area contributed by atoms with Gasteiger partial charge in [0.25, 0.3) is 0 Å². The Kier molecular flexibility index (Phi) is 8.86. The summed E-state index contributed by atoms with van der Waals surface area (Å²) in [4.78, 5) is 23.5. The van der Waals surface area contributed by atoms with Crippen LogP contribution in [0.3, 0.4) is 0 Å². The minimum atomic E-state index is 0.451. The Morgan fingerprint density at radius 3 is 1.29 bits per heavy atom. The van der Waals surface area contributed by atoms with Gasteiger partial charge in [-0.05, 0) is 86.6 Å². The highest BCUT2D eigenvalue weighted by atomic mass is 32.1. The van der Waals surface area contributed by atoms with E-state index in [0.29, 0.717) is 26.4 Å². The number of hydrogen-bond donors (Lipinski definition) is 0. The second-order valence-corrected chi connectivity index (χ2v) is 12.2. The molecule has 0 aromatic carbocycles. The number of rotatable bonds is 11. The SMILES string of the molecule is Cc1cccc(-c2cccc(COCc3ccc(-c4ccc(COCc5cccc(-c6cccc(C)n6)n5)s4)s3)n2)n1. The Labute approximate surface area is 253 Å². The van der Waals surface area contributed by atoms with Gasteiger partial charge < -0.3 is 9.47 Å². The molecule has 0 amide bonds. The van der Waals surface area contributed by atoms with Crippen LogP contribution in [-0.2, 0) is 35.9 Å². The van der Waals surface area contributed by atoms with Crippen molar-refractivity contribution in [2.75, 3.05) is 0 Å². The van der Waals surface area contributed by atoms with Gasteiger partial charge in [-0.3, -0.25) is 9.97 Å². The summed E-state index contributed by atoms with van der Waals surface area (Å²) in [7, 11) is 0. The molecule has 0 N–H and O–H groups in total. The number of nitrogens with zero attached hydrogens (tertiary/aromatic N) is 4. The zero-order valence-corrected chi connectivity index (χ0v) is 25.1. The van der Waals surface area contributed by atoms with Gasteiger partial charge in [-0.2, -0.15) is 0 Å². The fourth-order valence-corrected chi connectivity index (χ4v) is 6.45. The third-order valence-corrected chi connectivity index (χ3v) is 8.78. The third kappa shape index (κ3) is 7.21. The fourth-order valence-electron chi connectivity index (χ4n) is 4.46. The summed E-state index contributed by atoms with van der Waals surface area (Å²) in [5.74, 6) is 0. The molecule has 0 aliphatic rings. The van der Waals surface area contributed by atoms with E-state index in [2.05, 4.69) is 34.2 Å². The van der Waals surface area contributed by atoms with Gasteiger partial charge in [-0.25, -0.2) is 9.97 Å². The molecule has 0 atom stereocenters. The minimum Gasteiger partial charge on any atom is -0.370 e. The Bertz CT molecular complexity index is 1660. The van der Waals surface area contributed by atoms with Gasteiger partial charge >= 0.3 is 0 Å². The smallest absolute Gasteiger partial charge is 0.0893 e. The number of ether oxygens (including phenoxy) is 2. The normalized spacial score (nSPS) is 11.2. The summed E-state index contributed by atoms with van der Waals surface area (Å²) in [6, 6.07) is 32.5. The molecule has 0 aliphatic carbocycles. The van der Waals surface area contributed by atoms with E-state index in [4.69, 9.17) is 19.4 Å². The van der Waals surface area contributed by atoms with Crippen LogP contribution in [0.1, 0.15) is 32.5 Å². The molecule has 0 bridgehead atoms. The van der Waals surface area contributed by atoms with Gasteiger partial charge in [-0.1, -0.05) is 24.3 Å². The molecule has 0 aliphatic heterocycles. The van der Waals surface area contributed by atoms with E-state index in [9.17, 15) is 0 Å². The van der Waals surface area contributed by atoms with Crippen LogP contribution in [0.2, 0.25) is 0 Å². The lowest BCUT2D eigenvalue weighted by atomic mass is 10.2. The molecular formula is C34H30N4O2S2. The van der Waals surface area contributed by atoms with Crippen molar-refractivity contribution in [1.82, 2.24) is 19.9 Å². The molecule has 0 saturated heterocycles. The maximum Gasteiger partial charge on any atom is 0.0893 e. The fraction of sp³-hybridized carbons (Fsp3) is 0.176. The molecule has 6 heterocycles. The predicted octanol–water partition coefficient (Wildman–Crippen LogP) is 8.44. The Hall–Kier alpha value is -4.08. The predicted molar refractivity (Wildman–Crippen MR) is 169 cm³/mol. The molecular weight excluding hydrogens is 561 g/mol. The van der Waals surface area contributed by atoms with E-state index >= 15 is 0 Å². The number of hydrogen-bond acceptors (Lipinski definition) is 8. The van der Waals surface area contributed by atoms with Crippen LogP contribution in [0.4, 0.5) is 0 Å². The highest BCUT2D eigenvalue weighted by Crippen LogP contribution is 2.34. The molecule has 0 unspecified atom stereocenters. The largest absolute Gasteiger partial charge is 0.370 e. The summed E-state index contributed by atoms with van der Waals surface area (Å²) >= 11 is 3.51. The minimum absolute atomic E-state index is 0.451. The first-order valence-corrected chi connectivity index (χ1v) is 15.4. The quantitative estimate of drug-likeness (QED) is 0.151. The molecule has 6 rings (SSSR count). The topological polar surface area (TPSA) is 70.0 Å². The molecule has 6 nitrogen and oxygen atoms in total. The summed E-state index contributed by atoms with van der Waals surface area (Å²) in [6.45, 7) is 5.97. The summed E-state index contributed by atoms with van der Waals surface area (Å²) in [5.41, 5.74) is 7.22. The molecule has 42 heavy (non-hydrogen) atoms. The maximum atomic E-state index is 6.01. The van der Waals surface area contributed by atoms with Gasteiger partial charge in [0.15, 0.2) is 0 Å². The first-order chi connectivity index (χ1) is 20.6. The molecule has 0 saturated carbocycles. The van der Waals surface area contributed by atoms with Crippen LogP contribution in [0.15, 0.2) is 97.1 Å². The number of aromatic nitrogens is 4. The van der Waals surface area contributed by atoms with Crippen molar-refractivity contribution >= 4 is 22.7 Å².